The van der Waals surface area contributed by atoms with Gasteiger partial charge in [-0.2, -0.15) is 9.78 Å². The second kappa shape index (κ2) is 6.38. The molecule has 0 fully saturated rings. The summed E-state index contributed by atoms with van der Waals surface area (Å²) in [6.07, 6.45) is 1.34. The summed E-state index contributed by atoms with van der Waals surface area (Å²) in [5.74, 6) is 0.384. The molecule has 24 heavy (non-hydrogen) atoms. The lowest BCUT2D eigenvalue weighted by molar-refractivity contribution is -0.402. The van der Waals surface area contributed by atoms with Crippen molar-refractivity contribution in [3.8, 4) is 11.4 Å². The number of aromatic nitrogens is 3. The summed E-state index contributed by atoms with van der Waals surface area (Å²) in [5.41, 5.74) is 0.772. The first-order valence-corrected chi connectivity index (χ1v) is 7.45. The van der Waals surface area contributed by atoms with Gasteiger partial charge in [0.2, 0.25) is 4.77 Å². The summed E-state index contributed by atoms with van der Waals surface area (Å²) >= 11 is 11.2. The molecule has 3 rings (SSSR count). The molecule has 0 unspecified atom stereocenters. The van der Waals surface area contributed by atoms with Crippen molar-refractivity contribution in [2.45, 2.75) is 0 Å². The Morgan fingerprint density at radius 3 is 2.67 bits per heavy atom. The van der Waals surface area contributed by atoms with E-state index < -0.39 is 4.92 Å². The van der Waals surface area contributed by atoms with Crippen LogP contribution in [-0.2, 0) is 7.05 Å². The minimum Gasteiger partial charge on any atom is -0.400 e. The molecule has 2 aromatic heterocycles. The van der Waals surface area contributed by atoms with Crippen LogP contribution in [0.4, 0.5) is 5.88 Å². The van der Waals surface area contributed by atoms with Crippen molar-refractivity contribution in [3.05, 3.63) is 62.1 Å². The molecule has 1 aromatic carbocycles. The third-order valence-corrected chi connectivity index (χ3v) is 3.79. The van der Waals surface area contributed by atoms with Crippen LogP contribution < -0.4 is 0 Å². The minimum atomic E-state index is -0.619. The molecule has 0 saturated heterocycles. The van der Waals surface area contributed by atoms with Crippen LogP contribution in [0.3, 0.4) is 0 Å². The Labute approximate surface area is 145 Å². The lowest BCUT2D eigenvalue weighted by atomic mass is 10.2. The third-order valence-electron chi connectivity index (χ3n) is 3.10. The molecule has 0 spiro atoms. The van der Waals surface area contributed by atoms with Gasteiger partial charge in [-0.25, -0.2) is 4.68 Å². The number of hydrogen-bond donors (Lipinski definition) is 0. The summed E-state index contributed by atoms with van der Waals surface area (Å²) in [7, 11) is 1.70. The van der Waals surface area contributed by atoms with Gasteiger partial charge in [-0.15, -0.1) is 5.10 Å². The summed E-state index contributed by atoms with van der Waals surface area (Å²) < 4.78 is 8.33. The van der Waals surface area contributed by atoms with Crippen LogP contribution in [-0.4, -0.2) is 25.6 Å². The van der Waals surface area contributed by atoms with Gasteiger partial charge in [0.1, 0.15) is 4.92 Å². The Morgan fingerprint density at radius 1 is 1.33 bits per heavy atom. The van der Waals surface area contributed by atoms with Crippen molar-refractivity contribution in [3.63, 3.8) is 0 Å². The first-order chi connectivity index (χ1) is 11.5. The van der Waals surface area contributed by atoms with Crippen molar-refractivity contribution in [2.75, 3.05) is 0 Å². The van der Waals surface area contributed by atoms with E-state index in [0.717, 1.165) is 5.56 Å². The quantitative estimate of drug-likeness (QED) is 0.305. The van der Waals surface area contributed by atoms with Crippen LogP contribution in [0.15, 0.2) is 45.9 Å². The number of nitrogens with zero attached hydrogens (tertiary/aromatic N) is 5. The minimum absolute atomic E-state index is 0.231. The molecule has 3 aromatic rings. The normalized spacial score (nSPS) is 11.2. The number of furan rings is 1. The number of hydrogen-bond acceptors (Lipinski definition) is 6. The molecule has 10 heteroatoms. The summed E-state index contributed by atoms with van der Waals surface area (Å²) in [5, 5.41) is 19.8. The Kier molecular flexibility index (Phi) is 4.28. The molecule has 0 aliphatic rings. The molecule has 122 valence electrons. The standard InChI is InChI=1S/C14H10ClN5O3S/c1-18-14(24)19(13(17-18)9-2-4-10(15)5-3-9)16-8-11-6-7-12(23-11)20(21)22/h2-8H,1H3/b16-8+. The highest BCUT2D eigenvalue weighted by Crippen LogP contribution is 2.21. The molecule has 0 radical (unpaired) electrons. The highest BCUT2D eigenvalue weighted by atomic mass is 35.5. The average Bonchev–Trinajstić information content (AvgIpc) is 3.13. The van der Waals surface area contributed by atoms with Crippen LogP contribution in [0.1, 0.15) is 5.76 Å². The number of aryl methyl sites for hydroxylation is 1. The van der Waals surface area contributed by atoms with Crippen molar-refractivity contribution in [2.24, 2.45) is 12.1 Å². The largest absolute Gasteiger partial charge is 0.433 e. The fourth-order valence-corrected chi connectivity index (χ4v) is 2.26. The lowest BCUT2D eigenvalue weighted by Gasteiger charge is -2.00. The number of benzene rings is 1. The van der Waals surface area contributed by atoms with E-state index in [1.807, 2.05) is 0 Å². The molecule has 0 N–H and O–H groups in total. The highest BCUT2D eigenvalue weighted by Gasteiger charge is 2.12. The second-order valence-corrected chi connectivity index (χ2v) is 5.53. The molecule has 0 atom stereocenters. The van der Waals surface area contributed by atoms with Gasteiger partial charge >= 0.3 is 5.88 Å². The maximum absolute atomic E-state index is 10.6. The van der Waals surface area contributed by atoms with Crippen LogP contribution in [0.25, 0.3) is 11.4 Å². The van der Waals surface area contributed by atoms with E-state index in [2.05, 4.69) is 10.2 Å². The topological polar surface area (TPSA) is 91.4 Å². The molecule has 0 bridgehead atoms. The van der Waals surface area contributed by atoms with Gasteiger partial charge in [0.15, 0.2) is 11.6 Å². The zero-order valence-electron chi connectivity index (χ0n) is 12.3. The molecule has 2 heterocycles. The Hall–Kier alpha value is -2.78. The molecule has 8 nitrogen and oxygen atoms in total. The molecular formula is C14H10ClN5O3S. The first-order valence-electron chi connectivity index (χ1n) is 6.66. The third kappa shape index (κ3) is 3.12. The van der Waals surface area contributed by atoms with Gasteiger partial charge in [0.25, 0.3) is 0 Å². The van der Waals surface area contributed by atoms with Crippen LogP contribution >= 0.6 is 23.8 Å². The monoisotopic (exact) mass is 363 g/mol. The summed E-state index contributed by atoms with van der Waals surface area (Å²) in [6, 6.07) is 9.76. The smallest absolute Gasteiger partial charge is 0.400 e. The van der Waals surface area contributed by atoms with Gasteiger partial charge < -0.3 is 4.42 Å². The predicted octanol–water partition coefficient (Wildman–Crippen LogP) is 3.65. The van der Waals surface area contributed by atoms with E-state index in [0.29, 0.717) is 15.6 Å². The second-order valence-electron chi connectivity index (χ2n) is 4.73. The van der Waals surface area contributed by atoms with Gasteiger partial charge in [-0.3, -0.25) is 10.1 Å². The average molecular weight is 364 g/mol. The van der Waals surface area contributed by atoms with Crippen molar-refractivity contribution < 1.29 is 9.34 Å². The van der Waals surface area contributed by atoms with Crippen molar-refractivity contribution in [1.29, 1.82) is 0 Å². The van der Waals surface area contributed by atoms with E-state index in [1.54, 1.807) is 31.3 Å². The highest BCUT2D eigenvalue weighted by molar-refractivity contribution is 7.71. The van der Waals surface area contributed by atoms with Gasteiger partial charge in [0.05, 0.1) is 12.3 Å². The van der Waals surface area contributed by atoms with Gasteiger partial charge in [-0.1, -0.05) is 11.6 Å². The SMILES string of the molecule is Cn1nc(-c2ccc(Cl)cc2)n(/N=C/c2ccc([N+](=O)[O-])o2)c1=S. The predicted molar refractivity (Wildman–Crippen MR) is 90.8 cm³/mol. The fraction of sp³-hybridized carbons (Fsp3) is 0.0714. The zero-order chi connectivity index (χ0) is 17.3. The molecule has 0 saturated carbocycles. The molecule has 0 amide bonds. The summed E-state index contributed by atoms with van der Waals surface area (Å²) in [4.78, 5) is 10.0. The number of halogens is 1. The first kappa shape index (κ1) is 16.1. The maximum atomic E-state index is 10.6. The molecular weight excluding hydrogens is 354 g/mol. The summed E-state index contributed by atoms with van der Waals surface area (Å²) in [6.45, 7) is 0. The van der Waals surface area contributed by atoms with Crippen molar-refractivity contribution >= 4 is 35.9 Å². The number of nitro groups is 1. The van der Waals surface area contributed by atoms with Crippen LogP contribution in [0, 0.1) is 14.9 Å². The van der Waals surface area contributed by atoms with Crippen LogP contribution in [0.5, 0.6) is 0 Å². The Balaban J connectivity index is 2.00. The fourth-order valence-electron chi connectivity index (χ4n) is 1.96. The van der Waals surface area contributed by atoms with E-state index in [9.17, 15) is 10.1 Å². The molecule has 0 aliphatic carbocycles. The Bertz CT molecular complexity index is 987. The zero-order valence-corrected chi connectivity index (χ0v) is 13.9. The van der Waals surface area contributed by atoms with E-state index in [1.165, 1.54) is 27.7 Å². The van der Waals surface area contributed by atoms with Crippen molar-refractivity contribution in [1.82, 2.24) is 14.5 Å². The van der Waals surface area contributed by atoms with E-state index >= 15 is 0 Å². The lowest BCUT2D eigenvalue weighted by Crippen LogP contribution is -1.95. The van der Waals surface area contributed by atoms with Crippen LogP contribution in [0.2, 0.25) is 5.02 Å². The number of rotatable bonds is 4. The Morgan fingerprint density at radius 2 is 2.04 bits per heavy atom. The maximum Gasteiger partial charge on any atom is 0.433 e. The van der Waals surface area contributed by atoms with Gasteiger partial charge in [-0.05, 0) is 42.5 Å². The molecule has 0 aliphatic heterocycles. The van der Waals surface area contributed by atoms with E-state index in [-0.39, 0.29) is 11.6 Å². The van der Waals surface area contributed by atoms with E-state index in [4.69, 9.17) is 28.2 Å². The van der Waals surface area contributed by atoms with Gasteiger partial charge in [0, 0.05) is 17.6 Å².